The number of rotatable bonds is 3. The second kappa shape index (κ2) is 5.57. The van der Waals surface area contributed by atoms with Crippen molar-refractivity contribution in [3.05, 3.63) is 42.0 Å². The molecule has 0 aliphatic carbocycles. The van der Waals surface area contributed by atoms with E-state index in [1.54, 1.807) is 11.0 Å². The first-order valence-electron chi connectivity index (χ1n) is 6.18. The number of carbonyl (C=O) groups is 1. The number of hydrogen-bond donors (Lipinski definition) is 0. The molecule has 19 heavy (non-hydrogen) atoms. The van der Waals surface area contributed by atoms with Crippen LogP contribution in [-0.2, 0) is 14.6 Å². The minimum atomic E-state index is -3.05. The molecule has 0 unspecified atom stereocenters. The van der Waals surface area contributed by atoms with Crippen LogP contribution in [0.5, 0.6) is 0 Å². The smallest absolute Gasteiger partial charge is 0.246 e. The zero-order valence-electron chi connectivity index (χ0n) is 10.8. The molecular formula is C14H17NO3S. The fraction of sp³-hybridized carbons (Fsp3) is 0.357. The quantitative estimate of drug-likeness (QED) is 0.785. The van der Waals surface area contributed by atoms with Gasteiger partial charge in [-0.1, -0.05) is 30.3 Å². The van der Waals surface area contributed by atoms with Crippen molar-refractivity contribution >= 4 is 21.8 Å². The van der Waals surface area contributed by atoms with E-state index in [2.05, 4.69) is 0 Å². The lowest BCUT2D eigenvalue weighted by molar-refractivity contribution is -0.124. The van der Waals surface area contributed by atoms with Gasteiger partial charge >= 0.3 is 0 Å². The number of carbonyl (C=O) groups excluding carboxylic acids is 1. The first-order valence-corrected chi connectivity index (χ1v) is 8.13. The zero-order chi connectivity index (χ0) is 13.9. The van der Waals surface area contributed by atoms with Crippen molar-refractivity contribution in [2.75, 3.05) is 19.3 Å². The van der Waals surface area contributed by atoms with Crippen molar-refractivity contribution in [1.82, 2.24) is 4.90 Å². The predicted molar refractivity (Wildman–Crippen MR) is 75.3 cm³/mol. The van der Waals surface area contributed by atoms with Crippen LogP contribution < -0.4 is 0 Å². The predicted octanol–water partition coefficient (Wildman–Crippen LogP) is 1.35. The van der Waals surface area contributed by atoms with Crippen molar-refractivity contribution in [3.63, 3.8) is 0 Å². The molecule has 5 heteroatoms. The molecule has 0 N–H and O–H groups in total. The second-order valence-electron chi connectivity index (χ2n) is 4.77. The molecule has 1 aromatic carbocycles. The summed E-state index contributed by atoms with van der Waals surface area (Å²) in [6.07, 6.45) is 5.01. The Balaban J connectivity index is 1.97. The molecule has 1 heterocycles. The Kier molecular flexibility index (Phi) is 4.04. The van der Waals surface area contributed by atoms with Crippen LogP contribution in [0.1, 0.15) is 12.0 Å². The molecule has 0 saturated carbocycles. The molecule has 1 aliphatic rings. The fourth-order valence-electron chi connectivity index (χ4n) is 2.11. The van der Waals surface area contributed by atoms with Gasteiger partial charge in [0.15, 0.2) is 9.84 Å². The third kappa shape index (κ3) is 3.67. The molecule has 1 amide bonds. The van der Waals surface area contributed by atoms with Gasteiger partial charge in [-0.25, -0.2) is 8.42 Å². The SMILES string of the molecule is CS(=O)(=O)[C@@H]1CCN(C(=O)/C=C/c2ccccc2)C1. The van der Waals surface area contributed by atoms with E-state index >= 15 is 0 Å². The summed E-state index contributed by atoms with van der Waals surface area (Å²) in [4.78, 5) is 13.5. The highest BCUT2D eigenvalue weighted by atomic mass is 32.2. The van der Waals surface area contributed by atoms with Crippen molar-refractivity contribution < 1.29 is 13.2 Å². The summed E-state index contributed by atoms with van der Waals surface area (Å²) in [5, 5.41) is -0.415. The zero-order valence-corrected chi connectivity index (χ0v) is 11.6. The summed E-state index contributed by atoms with van der Waals surface area (Å²) in [6, 6.07) is 9.54. The number of hydrogen-bond acceptors (Lipinski definition) is 3. The molecule has 0 spiro atoms. The number of benzene rings is 1. The van der Waals surface area contributed by atoms with Crippen molar-refractivity contribution in [1.29, 1.82) is 0 Å². The third-order valence-corrected chi connectivity index (χ3v) is 4.88. The molecular weight excluding hydrogens is 262 g/mol. The van der Waals surface area contributed by atoms with Crippen LogP contribution in [0.4, 0.5) is 0 Å². The van der Waals surface area contributed by atoms with Gasteiger partial charge in [0.1, 0.15) is 0 Å². The molecule has 4 nitrogen and oxygen atoms in total. The average molecular weight is 279 g/mol. The monoisotopic (exact) mass is 279 g/mol. The molecule has 1 atom stereocenters. The Morgan fingerprint density at radius 1 is 1.32 bits per heavy atom. The van der Waals surface area contributed by atoms with Crippen molar-refractivity contribution in [2.45, 2.75) is 11.7 Å². The largest absolute Gasteiger partial charge is 0.338 e. The highest BCUT2D eigenvalue weighted by molar-refractivity contribution is 7.91. The summed E-state index contributed by atoms with van der Waals surface area (Å²) in [5.74, 6) is -0.130. The lowest BCUT2D eigenvalue weighted by atomic mass is 10.2. The van der Waals surface area contributed by atoms with E-state index < -0.39 is 15.1 Å². The Bertz CT molecular complexity index is 578. The Labute approximate surface area is 113 Å². The summed E-state index contributed by atoms with van der Waals surface area (Å²) in [7, 11) is -3.05. The topological polar surface area (TPSA) is 54.5 Å². The standard InChI is InChI=1S/C14H17NO3S/c1-19(17,18)13-9-10-15(11-13)14(16)8-7-12-5-3-2-4-6-12/h2-8,13H,9-11H2,1H3/b8-7+/t13-/m1/s1. The van der Waals surface area contributed by atoms with Gasteiger partial charge in [-0.15, -0.1) is 0 Å². The highest BCUT2D eigenvalue weighted by Crippen LogP contribution is 2.16. The Morgan fingerprint density at radius 3 is 2.58 bits per heavy atom. The first-order chi connectivity index (χ1) is 8.97. The maximum absolute atomic E-state index is 11.9. The van der Waals surface area contributed by atoms with E-state index in [0.29, 0.717) is 19.5 Å². The summed E-state index contributed by atoms with van der Waals surface area (Å²) >= 11 is 0. The van der Waals surface area contributed by atoms with Gasteiger partial charge in [0.05, 0.1) is 5.25 Å². The second-order valence-corrected chi connectivity index (χ2v) is 7.09. The molecule has 1 aliphatic heterocycles. The number of likely N-dealkylation sites (tertiary alicyclic amines) is 1. The maximum atomic E-state index is 11.9. The fourth-order valence-corrected chi connectivity index (χ4v) is 3.10. The number of amides is 1. The highest BCUT2D eigenvalue weighted by Gasteiger charge is 2.31. The van der Waals surface area contributed by atoms with Crippen LogP contribution in [0, 0.1) is 0 Å². The van der Waals surface area contributed by atoms with Crippen LogP contribution in [0.15, 0.2) is 36.4 Å². The van der Waals surface area contributed by atoms with Gasteiger partial charge in [0.2, 0.25) is 5.91 Å². The van der Waals surface area contributed by atoms with Crippen LogP contribution >= 0.6 is 0 Å². The number of sulfone groups is 1. The minimum absolute atomic E-state index is 0.130. The Hall–Kier alpha value is -1.62. The molecule has 2 rings (SSSR count). The molecule has 1 aromatic rings. The van der Waals surface area contributed by atoms with Gasteiger partial charge in [0.25, 0.3) is 0 Å². The van der Waals surface area contributed by atoms with E-state index in [0.717, 1.165) is 5.56 Å². The maximum Gasteiger partial charge on any atom is 0.246 e. The van der Waals surface area contributed by atoms with Crippen LogP contribution in [0.25, 0.3) is 6.08 Å². The molecule has 1 fully saturated rings. The van der Waals surface area contributed by atoms with Gasteiger partial charge in [-0.2, -0.15) is 0 Å². The lowest BCUT2D eigenvalue weighted by Crippen LogP contribution is -2.30. The summed E-state index contributed by atoms with van der Waals surface area (Å²) < 4.78 is 22.9. The summed E-state index contributed by atoms with van der Waals surface area (Å²) in [6.45, 7) is 0.812. The number of nitrogens with zero attached hydrogens (tertiary/aromatic N) is 1. The van der Waals surface area contributed by atoms with Gasteiger partial charge in [-0.05, 0) is 18.1 Å². The van der Waals surface area contributed by atoms with E-state index in [4.69, 9.17) is 0 Å². The Morgan fingerprint density at radius 2 is 2.00 bits per heavy atom. The van der Waals surface area contributed by atoms with Crippen LogP contribution in [-0.4, -0.2) is 43.8 Å². The normalized spacial score (nSPS) is 20.1. The van der Waals surface area contributed by atoms with E-state index in [9.17, 15) is 13.2 Å². The summed E-state index contributed by atoms with van der Waals surface area (Å²) in [5.41, 5.74) is 0.953. The lowest BCUT2D eigenvalue weighted by Gasteiger charge is -2.13. The van der Waals surface area contributed by atoms with Crippen molar-refractivity contribution in [2.24, 2.45) is 0 Å². The van der Waals surface area contributed by atoms with E-state index in [1.165, 1.54) is 12.3 Å². The van der Waals surface area contributed by atoms with E-state index in [-0.39, 0.29) is 5.91 Å². The molecule has 0 aromatic heterocycles. The van der Waals surface area contributed by atoms with Crippen molar-refractivity contribution in [3.8, 4) is 0 Å². The van der Waals surface area contributed by atoms with Gasteiger partial charge in [-0.3, -0.25) is 4.79 Å². The first kappa shape index (κ1) is 13.8. The molecule has 102 valence electrons. The molecule has 0 radical (unpaired) electrons. The molecule has 1 saturated heterocycles. The third-order valence-electron chi connectivity index (χ3n) is 3.28. The van der Waals surface area contributed by atoms with Gasteiger partial charge < -0.3 is 4.90 Å². The average Bonchev–Trinajstić information content (AvgIpc) is 2.87. The van der Waals surface area contributed by atoms with Crippen LogP contribution in [0.2, 0.25) is 0 Å². The van der Waals surface area contributed by atoms with Crippen LogP contribution in [0.3, 0.4) is 0 Å². The molecule has 0 bridgehead atoms. The minimum Gasteiger partial charge on any atom is -0.338 e. The van der Waals surface area contributed by atoms with Gasteiger partial charge in [0, 0.05) is 25.4 Å². The van der Waals surface area contributed by atoms with E-state index in [1.807, 2.05) is 30.3 Å².